The monoisotopic (exact) mass is 374 g/mol. The average molecular weight is 375 g/mol. The molecule has 1 aromatic rings. The Bertz CT molecular complexity index is 579. The largest absolute Gasteiger partial charge is 0.591 e. The van der Waals surface area contributed by atoms with Crippen molar-refractivity contribution in [1.29, 1.82) is 0 Å². The summed E-state index contributed by atoms with van der Waals surface area (Å²) < 4.78 is 21.0. The standard InChI is InChI=1S/C16H26N2O4S2/c1-7-22-15(20)12-9-23-14(17-12)13(19)8-11(10(2)3)18-24(21)16(4,5)6/h9-10,13,19H,7-8H2,1-6H3/t13-,24?/m1/s1. The van der Waals surface area contributed by atoms with Gasteiger partial charge in [0.05, 0.1) is 12.3 Å². The number of hydrogen-bond acceptors (Lipinski definition) is 7. The van der Waals surface area contributed by atoms with E-state index >= 15 is 0 Å². The van der Waals surface area contributed by atoms with Gasteiger partial charge >= 0.3 is 5.97 Å². The van der Waals surface area contributed by atoms with Crippen LogP contribution in [-0.4, -0.2) is 37.7 Å². The lowest BCUT2D eigenvalue weighted by Gasteiger charge is -2.21. The molecule has 1 aromatic heterocycles. The first-order valence-corrected chi connectivity index (χ1v) is 9.85. The molecule has 2 atom stereocenters. The molecule has 6 nitrogen and oxygen atoms in total. The first-order chi connectivity index (χ1) is 11.1. The summed E-state index contributed by atoms with van der Waals surface area (Å²) in [5, 5.41) is 12.4. The van der Waals surface area contributed by atoms with E-state index in [1.165, 1.54) is 11.3 Å². The van der Waals surface area contributed by atoms with Crippen molar-refractivity contribution in [2.45, 2.75) is 58.8 Å². The lowest BCUT2D eigenvalue weighted by atomic mass is 10.0. The zero-order chi connectivity index (χ0) is 18.5. The van der Waals surface area contributed by atoms with Crippen LogP contribution >= 0.6 is 11.3 Å². The highest BCUT2D eigenvalue weighted by molar-refractivity contribution is 7.91. The number of hydrogen-bond donors (Lipinski definition) is 1. The SMILES string of the molecule is CCOC(=O)c1csc([C@H](O)CC(=N[S+]([O-])C(C)(C)C)C(C)C)n1. The van der Waals surface area contributed by atoms with Crippen molar-refractivity contribution >= 4 is 34.4 Å². The maximum atomic E-state index is 12.2. The third kappa shape index (κ3) is 6.16. The van der Waals surface area contributed by atoms with E-state index in [1.807, 2.05) is 34.6 Å². The highest BCUT2D eigenvalue weighted by Gasteiger charge is 2.29. The lowest BCUT2D eigenvalue weighted by Crippen LogP contribution is -2.28. The summed E-state index contributed by atoms with van der Waals surface area (Å²) in [4.78, 5) is 15.8. The van der Waals surface area contributed by atoms with Gasteiger partial charge in [-0.25, -0.2) is 9.78 Å². The van der Waals surface area contributed by atoms with E-state index in [0.29, 0.717) is 10.7 Å². The zero-order valence-corrected chi connectivity index (χ0v) is 16.7. The maximum Gasteiger partial charge on any atom is 0.357 e. The van der Waals surface area contributed by atoms with Gasteiger partial charge in [-0.1, -0.05) is 18.2 Å². The average Bonchev–Trinajstić information content (AvgIpc) is 2.95. The number of aliphatic hydroxyl groups excluding tert-OH is 1. The van der Waals surface area contributed by atoms with Crippen molar-refractivity contribution in [1.82, 2.24) is 4.98 Å². The lowest BCUT2D eigenvalue weighted by molar-refractivity contribution is 0.0519. The third-order valence-corrected chi connectivity index (χ3v) is 5.48. The fourth-order valence-corrected chi connectivity index (χ4v) is 3.19. The van der Waals surface area contributed by atoms with E-state index in [0.717, 1.165) is 0 Å². The van der Waals surface area contributed by atoms with Crippen molar-refractivity contribution in [3.05, 3.63) is 16.1 Å². The highest BCUT2D eigenvalue weighted by atomic mass is 32.2. The zero-order valence-electron chi connectivity index (χ0n) is 15.0. The van der Waals surface area contributed by atoms with Gasteiger partial charge in [-0.15, -0.1) is 11.3 Å². The molecule has 8 heteroatoms. The van der Waals surface area contributed by atoms with Gasteiger partial charge in [0.15, 0.2) is 5.69 Å². The van der Waals surface area contributed by atoms with Gasteiger partial charge in [0.25, 0.3) is 0 Å². The fourth-order valence-electron chi connectivity index (χ4n) is 1.65. The van der Waals surface area contributed by atoms with Crippen molar-refractivity contribution in [2.75, 3.05) is 6.61 Å². The molecule has 0 aliphatic heterocycles. The molecule has 24 heavy (non-hydrogen) atoms. The van der Waals surface area contributed by atoms with Crippen molar-refractivity contribution in [2.24, 2.45) is 10.3 Å². The molecule has 0 fully saturated rings. The number of aromatic nitrogens is 1. The highest BCUT2D eigenvalue weighted by Crippen LogP contribution is 2.25. The normalized spacial score (nSPS) is 15.5. The van der Waals surface area contributed by atoms with Gasteiger partial charge in [0.1, 0.15) is 27.2 Å². The second-order valence-electron chi connectivity index (χ2n) is 6.61. The van der Waals surface area contributed by atoms with E-state index in [-0.39, 0.29) is 24.6 Å². The van der Waals surface area contributed by atoms with Crippen molar-refractivity contribution < 1.29 is 19.2 Å². The number of carbonyl (C=O) groups is 1. The second-order valence-corrected chi connectivity index (χ2v) is 9.41. The molecule has 0 amide bonds. The summed E-state index contributed by atoms with van der Waals surface area (Å²) >= 11 is -0.183. The van der Waals surface area contributed by atoms with Crippen LogP contribution in [0.4, 0.5) is 0 Å². The van der Waals surface area contributed by atoms with Crippen LogP contribution in [0.5, 0.6) is 0 Å². The van der Waals surface area contributed by atoms with E-state index in [9.17, 15) is 14.5 Å². The van der Waals surface area contributed by atoms with Gasteiger partial charge in [0, 0.05) is 11.8 Å². The van der Waals surface area contributed by atoms with Crippen LogP contribution in [0, 0.1) is 5.92 Å². The van der Waals surface area contributed by atoms with Crippen LogP contribution in [0.3, 0.4) is 0 Å². The first-order valence-electron chi connectivity index (χ1n) is 7.86. The summed E-state index contributed by atoms with van der Waals surface area (Å²) in [6, 6.07) is 0. The molecule has 0 bridgehead atoms. The van der Waals surface area contributed by atoms with E-state index in [4.69, 9.17) is 4.74 Å². The number of rotatable bonds is 7. The molecule has 136 valence electrons. The smallest absolute Gasteiger partial charge is 0.357 e. The fraction of sp³-hybridized carbons (Fsp3) is 0.688. The Morgan fingerprint density at radius 3 is 2.62 bits per heavy atom. The summed E-state index contributed by atoms with van der Waals surface area (Å²) in [7, 11) is 0. The maximum absolute atomic E-state index is 12.2. The van der Waals surface area contributed by atoms with E-state index in [2.05, 4.69) is 9.38 Å². The topological polar surface area (TPSA) is 94.8 Å². The third-order valence-electron chi connectivity index (χ3n) is 3.08. The molecular formula is C16H26N2O4S2. The Morgan fingerprint density at radius 1 is 1.50 bits per heavy atom. The predicted molar refractivity (Wildman–Crippen MR) is 97.8 cm³/mol. The van der Waals surface area contributed by atoms with Crippen LogP contribution < -0.4 is 0 Å². The minimum atomic E-state index is -1.38. The minimum absolute atomic E-state index is 0.0513. The number of aliphatic hydroxyl groups is 1. The van der Waals surface area contributed by atoms with Gasteiger partial charge in [-0.2, -0.15) is 0 Å². The van der Waals surface area contributed by atoms with Crippen LogP contribution in [0.1, 0.15) is 69.6 Å². The Morgan fingerprint density at radius 2 is 2.12 bits per heavy atom. The number of carbonyl (C=O) groups excluding carboxylic acids is 1. The molecule has 0 radical (unpaired) electrons. The minimum Gasteiger partial charge on any atom is -0.591 e. The molecule has 0 saturated heterocycles. The summed E-state index contributed by atoms with van der Waals surface area (Å²) in [5.41, 5.74) is 0.862. The molecule has 1 heterocycles. The summed E-state index contributed by atoms with van der Waals surface area (Å²) in [5.74, 6) is -0.450. The molecule has 0 saturated carbocycles. The van der Waals surface area contributed by atoms with Gasteiger partial charge in [-0.3, -0.25) is 0 Å². The number of esters is 1. The Kier molecular flexibility index (Phi) is 7.85. The molecule has 0 aliphatic rings. The van der Waals surface area contributed by atoms with Crippen LogP contribution in [0.25, 0.3) is 0 Å². The molecule has 0 aliphatic carbocycles. The summed E-state index contributed by atoms with van der Waals surface area (Å²) in [6.07, 6.45) is -0.661. The molecule has 0 spiro atoms. The quantitative estimate of drug-likeness (QED) is 0.449. The first kappa shape index (κ1) is 21.1. The molecule has 0 aromatic carbocycles. The molecule has 1 rings (SSSR count). The van der Waals surface area contributed by atoms with Gasteiger partial charge in [-0.05, 0) is 33.6 Å². The Hall–Kier alpha value is -0.960. The van der Waals surface area contributed by atoms with Crippen molar-refractivity contribution in [3.63, 3.8) is 0 Å². The van der Waals surface area contributed by atoms with Gasteiger partial charge < -0.3 is 14.4 Å². The number of ether oxygens (including phenoxy) is 1. The van der Waals surface area contributed by atoms with Crippen LogP contribution in [0.2, 0.25) is 0 Å². The Labute approximate surface area is 150 Å². The summed E-state index contributed by atoms with van der Waals surface area (Å²) in [6.45, 7) is 11.4. The second kappa shape index (κ2) is 8.94. The molecular weight excluding hydrogens is 348 g/mol. The Balaban J connectivity index is 2.88. The molecule has 1 N–H and O–H groups in total. The van der Waals surface area contributed by atoms with Crippen LogP contribution in [-0.2, 0) is 16.1 Å². The number of nitrogens with zero attached hydrogens (tertiary/aromatic N) is 2. The van der Waals surface area contributed by atoms with Crippen LogP contribution in [0.15, 0.2) is 9.78 Å². The van der Waals surface area contributed by atoms with E-state index < -0.39 is 28.2 Å². The van der Waals surface area contributed by atoms with E-state index in [1.54, 1.807) is 12.3 Å². The predicted octanol–water partition coefficient (Wildman–Crippen LogP) is 3.30. The van der Waals surface area contributed by atoms with Gasteiger partial charge in [0.2, 0.25) is 0 Å². The molecule has 1 unspecified atom stereocenters. The van der Waals surface area contributed by atoms with Crippen molar-refractivity contribution in [3.8, 4) is 0 Å². The number of thiazole rings is 1.